The second-order valence-electron chi connectivity index (χ2n) is 4.24. The lowest BCUT2D eigenvalue weighted by Crippen LogP contribution is -2.34. The molecule has 6 heteroatoms. The molecule has 1 atom stereocenters. The Bertz CT molecular complexity index is 434. The molecule has 1 nitrogen and oxygen atoms in total. The van der Waals surface area contributed by atoms with Gasteiger partial charge in [0.05, 0.1) is 5.56 Å². The maximum atomic E-state index is 12.6. The molecule has 1 aromatic carbocycles. The highest BCUT2D eigenvalue weighted by Crippen LogP contribution is 2.37. The number of benzene rings is 1. The third-order valence-electron chi connectivity index (χ3n) is 3.12. The molecule has 0 amide bonds. The average molecular weight is 298 g/mol. The fourth-order valence-electron chi connectivity index (χ4n) is 2.30. The van der Waals surface area contributed by atoms with E-state index in [-0.39, 0.29) is 6.04 Å². The highest BCUT2D eigenvalue weighted by atomic mass is 35.5. The van der Waals surface area contributed by atoms with Gasteiger partial charge >= 0.3 is 6.18 Å². The van der Waals surface area contributed by atoms with Crippen molar-refractivity contribution in [3.05, 3.63) is 29.3 Å². The topological polar surface area (TPSA) is 3.24 Å². The van der Waals surface area contributed by atoms with Crippen molar-refractivity contribution < 1.29 is 13.2 Å². The van der Waals surface area contributed by atoms with Crippen LogP contribution in [0.2, 0.25) is 0 Å². The van der Waals surface area contributed by atoms with Gasteiger partial charge in [-0.2, -0.15) is 13.2 Å². The zero-order chi connectivity index (χ0) is 13.3. The van der Waals surface area contributed by atoms with Crippen LogP contribution in [0.15, 0.2) is 18.2 Å². The van der Waals surface area contributed by atoms with Crippen LogP contribution in [0.5, 0.6) is 0 Å². The Balaban J connectivity index is 2.34. The maximum Gasteiger partial charge on any atom is 0.416 e. The van der Waals surface area contributed by atoms with E-state index < -0.39 is 11.7 Å². The zero-order valence-corrected chi connectivity index (χ0v) is 11.0. The van der Waals surface area contributed by atoms with Crippen molar-refractivity contribution in [3.63, 3.8) is 0 Å². The van der Waals surface area contributed by atoms with Gasteiger partial charge in [-0.25, -0.2) is 0 Å². The summed E-state index contributed by atoms with van der Waals surface area (Å²) in [4.78, 5) is 1.98. The maximum absolute atomic E-state index is 12.6. The van der Waals surface area contributed by atoms with Gasteiger partial charge in [-0.1, -0.05) is 0 Å². The van der Waals surface area contributed by atoms with Crippen LogP contribution >= 0.6 is 23.2 Å². The molecule has 18 heavy (non-hydrogen) atoms. The summed E-state index contributed by atoms with van der Waals surface area (Å²) in [6.07, 6.45) is -3.76. The number of nitrogens with zero attached hydrogens (tertiary/aromatic N) is 1. The molecule has 0 bridgehead atoms. The predicted octanol–water partition coefficient (Wildman–Crippen LogP) is 3.91. The Labute approximate surface area is 113 Å². The van der Waals surface area contributed by atoms with Gasteiger partial charge in [0.25, 0.3) is 0 Å². The Hall–Kier alpha value is -0.610. The molecule has 0 radical (unpaired) electrons. The van der Waals surface area contributed by atoms with Gasteiger partial charge in [-0.3, -0.25) is 0 Å². The summed E-state index contributed by atoms with van der Waals surface area (Å²) in [5.74, 6) is 0.806. The van der Waals surface area contributed by atoms with Crippen LogP contribution in [0.4, 0.5) is 18.9 Å². The first-order valence-electron chi connectivity index (χ1n) is 5.56. The van der Waals surface area contributed by atoms with E-state index in [2.05, 4.69) is 0 Å². The highest BCUT2D eigenvalue weighted by Gasteiger charge is 2.34. The quantitative estimate of drug-likeness (QED) is 0.765. The van der Waals surface area contributed by atoms with Gasteiger partial charge in [0, 0.05) is 30.0 Å². The van der Waals surface area contributed by atoms with Gasteiger partial charge in [0.15, 0.2) is 0 Å². The molecular weight excluding hydrogens is 286 g/mol. The van der Waals surface area contributed by atoms with Crippen molar-refractivity contribution in [2.45, 2.75) is 18.6 Å². The van der Waals surface area contributed by atoms with Crippen LogP contribution in [0.1, 0.15) is 11.1 Å². The van der Waals surface area contributed by atoms with E-state index in [1.807, 2.05) is 4.90 Å². The average Bonchev–Trinajstić information content (AvgIpc) is 2.66. The molecule has 100 valence electrons. The summed E-state index contributed by atoms with van der Waals surface area (Å²) < 4.78 is 37.9. The molecule has 0 fully saturated rings. The lowest BCUT2D eigenvalue weighted by atomic mass is 10.1. The van der Waals surface area contributed by atoms with Gasteiger partial charge in [0.1, 0.15) is 0 Å². The largest absolute Gasteiger partial charge is 0.416 e. The fourth-order valence-corrected chi connectivity index (χ4v) is 2.76. The van der Waals surface area contributed by atoms with E-state index in [9.17, 15) is 13.2 Å². The van der Waals surface area contributed by atoms with Gasteiger partial charge in [0.2, 0.25) is 0 Å². The number of hydrogen-bond acceptors (Lipinski definition) is 1. The van der Waals surface area contributed by atoms with Crippen LogP contribution in [0, 0.1) is 0 Å². The second kappa shape index (κ2) is 5.17. The molecule has 1 heterocycles. The Morgan fingerprint density at radius 2 is 2.00 bits per heavy atom. The number of hydrogen-bond donors (Lipinski definition) is 0. The predicted molar refractivity (Wildman–Crippen MR) is 67.7 cm³/mol. The molecule has 0 saturated heterocycles. The first-order chi connectivity index (χ1) is 8.47. The van der Waals surface area contributed by atoms with Gasteiger partial charge in [-0.15, -0.1) is 23.2 Å². The highest BCUT2D eigenvalue weighted by molar-refractivity contribution is 6.19. The summed E-state index contributed by atoms with van der Waals surface area (Å²) >= 11 is 11.6. The molecule has 2 rings (SSSR count). The van der Waals surface area contributed by atoms with Crippen LogP contribution in [-0.4, -0.2) is 24.3 Å². The third-order valence-corrected chi connectivity index (χ3v) is 3.64. The first kappa shape index (κ1) is 13.8. The van der Waals surface area contributed by atoms with Crippen LogP contribution in [-0.2, 0) is 12.6 Å². The van der Waals surface area contributed by atoms with Crippen molar-refractivity contribution in [1.29, 1.82) is 0 Å². The van der Waals surface area contributed by atoms with Crippen LogP contribution in [0.3, 0.4) is 0 Å². The van der Waals surface area contributed by atoms with Crippen LogP contribution < -0.4 is 4.90 Å². The van der Waals surface area contributed by atoms with Crippen molar-refractivity contribution in [2.75, 3.05) is 23.2 Å². The Kier molecular flexibility index (Phi) is 3.97. The van der Waals surface area contributed by atoms with Crippen molar-refractivity contribution in [2.24, 2.45) is 0 Å². The van der Waals surface area contributed by atoms with Gasteiger partial charge < -0.3 is 4.90 Å². The minimum absolute atomic E-state index is 0.0314. The summed E-state index contributed by atoms with van der Waals surface area (Å²) in [6, 6.07) is 3.86. The Morgan fingerprint density at radius 1 is 1.28 bits per heavy atom. The van der Waals surface area contributed by atoms with E-state index in [1.165, 1.54) is 12.1 Å². The second-order valence-corrected chi connectivity index (χ2v) is 4.92. The van der Waals surface area contributed by atoms with E-state index in [4.69, 9.17) is 23.2 Å². The first-order valence-corrected chi connectivity index (χ1v) is 6.63. The molecule has 1 aliphatic heterocycles. The molecule has 1 aromatic rings. The van der Waals surface area contributed by atoms with Gasteiger partial charge in [-0.05, 0) is 30.2 Å². The van der Waals surface area contributed by atoms with E-state index >= 15 is 0 Å². The van der Waals surface area contributed by atoms with E-state index in [1.54, 1.807) is 0 Å². The van der Waals surface area contributed by atoms with E-state index in [0.717, 1.165) is 11.8 Å². The SMILES string of the molecule is FC(F)(F)c1ccc2c(c1)CC(CCl)N2CCCl. The summed E-state index contributed by atoms with van der Waals surface area (Å²) in [5.41, 5.74) is 0.900. The number of rotatable bonds is 3. The number of anilines is 1. The molecule has 1 unspecified atom stereocenters. The fraction of sp³-hybridized carbons (Fsp3) is 0.500. The third kappa shape index (κ3) is 2.54. The monoisotopic (exact) mass is 297 g/mol. The molecule has 0 spiro atoms. The smallest absolute Gasteiger partial charge is 0.366 e. The minimum Gasteiger partial charge on any atom is -0.366 e. The van der Waals surface area contributed by atoms with Crippen molar-refractivity contribution in [3.8, 4) is 0 Å². The van der Waals surface area contributed by atoms with Crippen molar-refractivity contribution >= 4 is 28.9 Å². The number of halogens is 5. The van der Waals surface area contributed by atoms with Crippen molar-refractivity contribution in [1.82, 2.24) is 0 Å². The summed E-state index contributed by atoms with van der Waals surface area (Å²) in [6.45, 7) is 0.595. The van der Waals surface area contributed by atoms with E-state index in [0.29, 0.717) is 30.3 Å². The minimum atomic E-state index is -4.30. The molecule has 0 aliphatic carbocycles. The zero-order valence-electron chi connectivity index (χ0n) is 9.47. The lowest BCUT2D eigenvalue weighted by Gasteiger charge is -2.25. The normalized spacial score (nSPS) is 19.2. The van der Waals surface area contributed by atoms with Crippen LogP contribution in [0.25, 0.3) is 0 Å². The molecule has 0 saturated carbocycles. The number of fused-ring (bicyclic) bond motifs is 1. The molecule has 0 N–H and O–H groups in total. The molecule has 0 aromatic heterocycles. The Morgan fingerprint density at radius 3 is 2.56 bits per heavy atom. The standard InChI is InChI=1S/C12H12Cl2F3N/c13-3-4-18-10(7-14)6-8-5-9(12(15,16)17)1-2-11(8)18/h1-2,5,10H,3-4,6-7H2. The summed E-state index contributed by atoms with van der Waals surface area (Å²) in [7, 11) is 0. The molecule has 1 aliphatic rings. The molecular formula is C12H12Cl2F3N. The summed E-state index contributed by atoms with van der Waals surface area (Å²) in [5, 5.41) is 0. The number of alkyl halides is 5. The lowest BCUT2D eigenvalue weighted by molar-refractivity contribution is -0.137.